The first-order valence-corrected chi connectivity index (χ1v) is 8.67. The van der Waals surface area contributed by atoms with Gasteiger partial charge in [-0.1, -0.05) is 6.07 Å². The molecule has 0 aliphatic heterocycles. The van der Waals surface area contributed by atoms with Crippen molar-refractivity contribution in [1.82, 2.24) is 4.72 Å². The van der Waals surface area contributed by atoms with Gasteiger partial charge in [0.2, 0.25) is 10.0 Å². The Morgan fingerprint density at radius 1 is 1.38 bits per heavy atom. The summed E-state index contributed by atoms with van der Waals surface area (Å²) in [6.07, 6.45) is 0. The Morgan fingerprint density at radius 2 is 2.14 bits per heavy atom. The summed E-state index contributed by atoms with van der Waals surface area (Å²) in [5.41, 5.74) is 0.434. The van der Waals surface area contributed by atoms with Crippen molar-refractivity contribution in [2.24, 2.45) is 0 Å². The molecule has 2 rings (SSSR count). The maximum Gasteiger partial charge on any atom is 0.241 e. The minimum atomic E-state index is -3.65. The maximum atomic E-state index is 12.4. The van der Waals surface area contributed by atoms with Crippen LogP contribution in [0.25, 0.3) is 0 Å². The average Bonchev–Trinajstić information content (AvgIpc) is 3.00. The summed E-state index contributed by atoms with van der Waals surface area (Å²) in [6, 6.07) is 7.86. The summed E-state index contributed by atoms with van der Waals surface area (Å²) in [4.78, 5) is 1.05. The molecular formula is C14H17NO4S2. The Morgan fingerprint density at radius 3 is 2.71 bits per heavy atom. The molecule has 2 aromatic rings. The third-order valence-electron chi connectivity index (χ3n) is 3.03. The molecule has 0 bridgehead atoms. The fourth-order valence-corrected chi connectivity index (χ4v) is 4.02. The van der Waals surface area contributed by atoms with Crippen molar-refractivity contribution in [3.63, 3.8) is 0 Å². The molecule has 0 fully saturated rings. The van der Waals surface area contributed by atoms with Crippen molar-refractivity contribution in [2.45, 2.75) is 24.5 Å². The molecule has 7 heteroatoms. The van der Waals surface area contributed by atoms with Crippen LogP contribution in [0, 0.1) is 0 Å². The van der Waals surface area contributed by atoms with E-state index in [1.54, 1.807) is 6.92 Å². The highest BCUT2D eigenvalue weighted by Crippen LogP contribution is 2.25. The normalized spacial score (nSPS) is 13.1. The molecule has 5 nitrogen and oxygen atoms in total. The predicted octanol–water partition coefficient (Wildman–Crippen LogP) is 2.29. The molecule has 0 saturated carbocycles. The standard InChI is InChI=1S/C14H17NO4S2/c1-10(14-4-3-7-20-14)15-21(17,18)12-5-6-13(19-2)11(8-12)9-16/h3-8,10,15-16H,9H2,1-2H3. The fourth-order valence-electron chi connectivity index (χ4n) is 1.94. The molecule has 0 spiro atoms. The number of nitrogens with one attached hydrogen (secondary N) is 1. The lowest BCUT2D eigenvalue weighted by Crippen LogP contribution is -2.26. The second kappa shape index (κ2) is 6.57. The minimum Gasteiger partial charge on any atom is -0.496 e. The van der Waals surface area contributed by atoms with E-state index in [1.807, 2.05) is 17.5 Å². The molecule has 0 radical (unpaired) electrons. The van der Waals surface area contributed by atoms with E-state index >= 15 is 0 Å². The van der Waals surface area contributed by atoms with E-state index in [4.69, 9.17) is 4.74 Å². The Balaban J connectivity index is 2.27. The number of rotatable bonds is 6. The fraction of sp³-hybridized carbons (Fsp3) is 0.286. The van der Waals surface area contributed by atoms with Gasteiger partial charge < -0.3 is 9.84 Å². The van der Waals surface area contributed by atoms with Gasteiger partial charge in [0.05, 0.1) is 24.7 Å². The van der Waals surface area contributed by atoms with Crippen LogP contribution in [-0.2, 0) is 16.6 Å². The van der Waals surface area contributed by atoms with Crippen LogP contribution in [0.2, 0.25) is 0 Å². The summed E-state index contributed by atoms with van der Waals surface area (Å²) in [5.74, 6) is 0.461. The number of ether oxygens (including phenoxy) is 1. The lowest BCUT2D eigenvalue weighted by Gasteiger charge is -2.14. The van der Waals surface area contributed by atoms with E-state index in [1.165, 1.54) is 36.6 Å². The Labute approximate surface area is 128 Å². The molecule has 0 aliphatic rings. The van der Waals surface area contributed by atoms with Crippen molar-refractivity contribution in [2.75, 3.05) is 7.11 Å². The number of methoxy groups -OCH3 is 1. The number of aliphatic hydroxyl groups excluding tert-OH is 1. The van der Waals surface area contributed by atoms with E-state index in [2.05, 4.69) is 4.72 Å². The zero-order valence-electron chi connectivity index (χ0n) is 11.7. The van der Waals surface area contributed by atoms with Gasteiger partial charge in [0.15, 0.2) is 0 Å². The molecule has 0 saturated heterocycles. The summed E-state index contributed by atoms with van der Waals surface area (Å²) < 4.78 is 32.4. The Hall–Kier alpha value is -1.41. The topological polar surface area (TPSA) is 75.6 Å². The van der Waals surface area contributed by atoms with Crippen LogP contribution in [0.5, 0.6) is 5.75 Å². The van der Waals surface area contributed by atoms with Gasteiger partial charge in [-0.3, -0.25) is 0 Å². The SMILES string of the molecule is COc1ccc(S(=O)(=O)NC(C)c2cccs2)cc1CO. The number of benzene rings is 1. The Kier molecular flexibility index (Phi) is 5.00. The van der Waals surface area contributed by atoms with E-state index < -0.39 is 10.0 Å². The van der Waals surface area contributed by atoms with Crippen molar-refractivity contribution in [3.05, 3.63) is 46.2 Å². The summed E-state index contributed by atoms with van der Waals surface area (Å²) in [5, 5.41) is 11.2. The maximum absolute atomic E-state index is 12.4. The Bertz CT molecular complexity index is 696. The molecule has 1 atom stereocenters. The minimum absolute atomic E-state index is 0.107. The molecule has 1 heterocycles. The number of aliphatic hydroxyl groups is 1. The first-order valence-electron chi connectivity index (χ1n) is 6.31. The third kappa shape index (κ3) is 3.62. The smallest absolute Gasteiger partial charge is 0.241 e. The van der Waals surface area contributed by atoms with E-state index in [9.17, 15) is 13.5 Å². The second-order valence-electron chi connectivity index (χ2n) is 4.49. The van der Waals surface area contributed by atoms with Gasteiger partial charge in [-0.25, -0.2) is 13.1 Å². The first-order chi connectivity index (χ1) is 9.97. The quantitative estimate of drug-likeness (QED) is 0.853. The van der Waals surface area contributed by atoms with Crippen molar-refractivity contribution >= 4 is 21.4 Å². The largest absolute Gasteiger partial charge is 0.496 e. The number of hydrogen-bond acceptors (Lipinski definition) is 5. The molecule has 0 amide bonds. The zero-order chi connectivity index (χ0) is 15.5. The molecule has 1 aromatic heterocycles. The monoisotopic (exact) mass is 327 g/mol. The third-order valence-corrected chi connectivity index (χ3v) is 5.63. The highest BCUT2D eigenvalue weighted by Gasteiger charge is 2.20. The van der Waals surface area contributed by atoms with Crippen molar-refractivity contribution in [3.8, 4) is 5.75 Å². The van der Waals surface area contributed by atoms with E-state index in [0.717, 1.165) is 4.88 Å². The molecule has 1 aromatic carbocycles. The highest BCUT2D eigenvalue weighted by atomic mass is 32.2. The van der Waals surface area contributed by atoms with E-state index in [0.29, 0.717) is 11.3 Å². The predicted molar refractivity (Wildman–Crippen MR) is 82.0 cm³/mol. The van der Waals surface area contributed by atoms with Crippen LogP contribution < -0.4 is 9.46 Å². The van der Waals surface area contributed by atoms with E-state index in [-0.39, 0.29) is 17.5 Å². The van der Waals surface area contributed by atoms with Gasteiger partial charge in [0, 0.05) is 10.4 Å². The van der Waals surface area contributed by atoms with Gasteiger partial charge in [-0.2, -0.15) is 0 Å². The lowest BCUT2D eigenvalue weighted by atomic mass is 10.2. The van der Waals surface area contributed by atoms with Crippen molar-refractivity contribution < 1.29 is 18.3 Å². The molecule has 114 valence electrons. The van der Waals surface area contributed by atoms with Crippen molar-refractivity contribution in [1.29, 1.82) is 0 Å². The summed E-state index contributed by atoms with van der Waals surface area (Å²) >= 11 is 1.49. The van der Waals surface area contributed by atoms with Crippen LogP contribution in [-0.4, -0.2) is 20.6 Å². The highest BCUT2D eigenvalue weighted by molar-refractivity contribution is 7.89. The van der Waals surface area contributed by atoms with Crippen LogP contribution in [0.1, 0.15) is 23.4 Å². The second-order valence-corrected chi connectivity index (χ2v) is 7.18. The molecule has 2 N–H and O–H groups in total. The number of hydrogen-bond donors (Lipinski definition) is 2. The van der Waals surface area contributed by atoms with Crippen LogP contribution in [0.15, 0.2) is 40.6 Å². The van der Waals surface area contributed by atoms with Gasteiger partial charge in [-0.05, 0) is 36.6 Å². The van der Waals surface area contributed by atoms with Gasteiger partial charge >= 0.3 is 0 Å². The van der Waals surface area contributed by atoms with Gasteiger partial charge in [-0.15, -0.1) is 11.3 Å². The lowest BCUT2D eigenvalue weighted by molar-refractivity contribution is 0.273. The number of thiophene rings is 1. The molecular weight excluding hydrogens is 310 g/mol. The summed E-state index contributed by atoms with van der Waals surface area (Å²) in [6.45, 7) is 1.51. The zero-order valence-corrected chi connectivity index (χ0v) is 13.4. The van der Waals surface area contributed by atoms with Gasteiger partial charge in [0.1, 0.15) is 5.75 Å². The van der Waals surface area contributed by atoms with Gasteiger partial charge in [0.25, 0.3) is 0 Å². The average molecular weight is 327 g/mol. The molecule has 1 unspecified atom stereocenters. The van der Waals surface area contributed by atoms with Crippen LogP contribution in [0.3, 0.4) is 0 Å². The molecule has 21 heavy (non-hydrogen) atoms. The summed E-state index contributed by atoms with van der Waals surface area (Å²) in [7, 11) is -2.18. The first kappa shape index (κ1) is 16.0. The molecule has 0 aliphatic carbocycles. The van der Waals surface area contributed by atoms with Crippen LogP contribution in [0.4, 0.5) is 0 Å². The van der Waals surface area contributed by atoms with Crippen LogP contribution >= 0.6 is 11.3 Å². The number of sulfonamides is 1.